The predicted molar refractivity (Wildman–Crippen MR) is 90.9 cm³/mol. The maximum absolute atomic E-state index is 13.1. The fourth-order valence-electron chi connectivity index (χ4n) is 2.64. The predicted octanol–water partition coefficient (Wildman–Crippen LogP) is 2.81. The van der Waals surface area contributed by atoms with Crippen LogP contribution in [0.2, 0.25) is 0 Å². The number of fused-ring (bicyclic) bond motifs is 1. The van der Waals surface area contributed by atoms with Gasteiger partial charge in [-0.1, -0.05) is 0 Å². The zero-order valence-corrected chi connectivity index (χ0v) is 14.0. The summed E-state index contributed by atoms with van der Waals surface area (Å²) in [5.41, 5.74) is 2.06. The van der Waals surface area contributed by atoms with Crippen molar-refractivity contribution in [3.8, 4) is 11.1 Å². The monoisotopic (exact) mass is 356 g/mol. The van der Waals surface area contributed by atoms with Gasteiger partial charge in [0.25, 0.3) is 10.0 Å². The van der Waals surface area contributed by atoms with Gasteiger partial charge >= 0.3 is 0 Å². The van der Waals surface area contributed by atoms with Gasteiger partial charge in [0, 0.05) is 42.2 Å². The summed E-state index contributed by atoms with van der Waals surface area (Å²) in [6, 6.07) is 8.25. The number of halogens is 1. The Hall–Kier alpha value is -3.00. The number of aryl methyl sites for hydroxylation is 1. The van der Waals surface area contributed by atoms with Crippen LogP contribution >= 0.6 is 0 Å². The van der Waals surface area contributed by atoms with E-state index in [-0.39, 0.29) is 4.90 Å². The van der Waals surface area contributed by atoms with Crippen LogP contribution in [0.25, 0.3) is 22.2 Å². The molecule has 4 rings (SSSR count). The lowest BCUT2D eigenvalue weighted by Crippen LogP contribution is -2.12. The van der Waals surface area contributed by atoms with Gasteiger partial charge in [-0.2, -0.15) is 5.10 Å². The van der Waals surface area contributed by atoms with Crippen LogP contribution in [-0.2, 0) is 17.1 Å². The van der Waals surface area contributed by atoms with E-state index in [1.807, 2.05) is 19.3 Å². The van der Waals surface area contributed by atoms with Crippen LogP contribution in [0, 0.1) is 5.82 Å². The zero-order chi connectivity index (χ0) is 17.6. The van der Waals surface area contributed by atoms with Crippen molar-refractivity contribution >= 4 is 21.1 Å². The molecule has 0 bridgehead atoms. The van der Waals surface area contributed by atoms with Crippen LogP contribution in [0.4, 0.5) is 4.39 Å². The maximum atomic E-state index is 13.1. The van der Waals surface area contributed by atoms with Crippen molar-refractivity contribution in [1.82, 2.24) is 18.7 Å². The molecular formula is C17H13FN4O2S. The molecule has 25 heavy (non-hydrogen) atoms. The Morgan fingerprint density at radius 2 is 1.80 bits per heavy atom. The first kappa shape index (κ1) is 15.5. The number of pyridine rings is 1. The minimum absolute atomic E-state index is 0.00420. The van der Waals surface area contributed by atoms with Crippen molar-refractivity contribution in [1.29, 1.82) is 0 Å². The third kappa shape index (κ3) is 2.60. The summed E-state index contributed by atoms with van der Waals surface area (Å²) in [5.74, 6) is -0.490. The first-order valence-electron chi connectivity index (χ1n) is 7.42. The number of hydrogen-bond donors (Lipinski definition) is 0. The molecular weight excluding hydrogens is 343 g/mol. The van der Waals surface area contributed by atoms with Gasteiger partial charge in [-0.3, -0.25) is 4.68 Å². The van der Waals surface area contributed by atoms with E-state index < -0.39 is 15.8 Å². The lowest BCUT2D eigenvalue weighted by Gasteiger charge is -2.07. The SMILES string of the molecule is Cn1cc(-c2cnc3c(ccn3S(=O)(=O)c3ccc(F)cc3)c2)cn1. The van der Waals surface area contributed by atoms with E-state index >= 15 is 0 Å². The van der Waals surface area contributed by atoms with Crippen LogP contribution < -0.4 is 0 Å². The Kier molecular flexibility index (Phi) is 3.43. The first-order chi connectivity index (χ1) is 11.9. The lowest BCUT2D eigenvalue weighted by atomic mass is 10.1. The van der Waals surface area contributed by atoms with Gasteiger partial charge < -0.3 is 0 Å². The smallest absolute Gasteiger partial charge is 0.269 e. The van der Waals surface area contributed by atoms with E-state index in [1.54, 1.807) is 23.1 Å². The van der Waals surface area contributed by atoms with Crippen LogP contribution in [-0.4, -0.2) is 27.2 Å². The molecule has 0 saturated carbocycles. The summed E-state index contributed by atoms with van der Waals surface area (Å²) in [4.78, 5) is 4.31. The van der Waals surface area contributed by atoms with Crippen LogP contribution in [0.15, 0.2) is 66.1 Å². The van der Waals surface area contributed by atoms with Crippen molar-refractivity contribution in [2.45, 2.75) is 4.90 Å². The van der Waals surface area contributed by atoms with E-state index in [0.29, 0.717) is 11.0 Å². The average Bonchev–Trinajstić information content (AvgIpc) is 3.21. The highest BCUT2D eigenvalue weighted by atomic mass is 32.2. The molecule has 0 aliphatic rings. The number of nitrogens with zero attached hydrogens (tertiary/aromatic N) is 4. The third-order valence-corrected chi connectivity index (χ3v) is 5.58. The van der Waals surface area contributed by atoms with Crippen LogP contribution in [0.1, 0.15) is 0 Å². The number of aromatic nitrogens is 4. The lowest BCUT2D eigenvalue weighted by molar-refractivity contribution is 0.587. The van der Waals surface area contributed by atoms with Gasteiger partial charge in [-0.25, -0.2) is 21.8 Å². The fraction of sp³-hybridized carbons (Fsp3) is 0.0588. The first-order valence-corrected chi connectivity index (χ1v) is 8.86. The molecule has 0 unspecified atom stereocenters. The van der Waals surface area contributed by atoms with Crippen molar-refractivity contribution < 1.29 is 12.8 Å². The Bertz CT molecular complexity index is 1180. The van der Waals surface area contributed by atoms with Gasteiger partial charge in [0.05, 0.1) is 11.1 Å². The van der Waals surface area contributed by atoms with Crippen molar-refractivity contribution in [2.75, 3.05) is 0 Å². The van der Waals surface area contributed by atoms with Crippen molar-refractivity contribution in [3.63, 3.8) is 0 Å². The molecule has 0 radical (unpaired) electrons. The highest BCUT2D eigenvalue weighted by molar-refractivity contribution is 7.90. The second kappa shape index (κ2) is 5.52. The molecule has 1 aromatic carbocycles. The molecule has 0 fully saturated rings. The second-order valence-corrected chi connectivity index (χ2v) is 7.42. The van der Waals surface area contributed by atoms with Gasteiger partial charge in [0.15, 0.2) is 5.65 Å². The molecule has 8 heteroatoms. The second-order valence-electron chi connectivity index (χ2n) is 5.61. The van der Waals surface area contributed by atoms with E-state index in [0.717, 1.165) is 27.2 Å². The minimum atomic E-state index is -3.84. The summed E-state index contributed by atoms with van der Waals surface area (Å²) in [7, 11) is -2.02. The Morgan fingerprint density at radius 3 is 2.48 bits per heavy atom. The largest absolute Gasteiger partial charge is 0.275 e. The third-order valence-electron chi connectivity index (χ3n) is 3.90. The van der Waals surface area contributed by atoms with Gasteiger partial charge in [-0.05, 0) is 36.4 Å². The quantitative estimate of drug-likeness (QED) is 0.566. The van der Waals surface area contributed by atoms with E-state index in [1.165, 1.54) is 18.3 Å². The molecule has 6 nitrogen and oxygen atoms in total. The molecule has 0 atom stereocenters. The molecule has 0 spiro atoms. The molecule has 0 saturated heterocycles. The summed E-state index contributed by atoms with van der Waals surface area (Å²) in [5, 5.41) is 4.81. The van der Waals surface area contributed by atoms with E-state index in [4.69, 9.17) is 0 Å². The van der Waals surface area contributed by atoms with Gasteiger partial charge in [-0.15, -0.1) is 0 Å². The van der Waals surface area contributed by atoms with E-state index in [9.17, 15) is 12.8 Å². The molecule has 0 aliphatic heterocycles. The molecule has 126 valence electrons. The highest BCUT2D eigenvalue weighted by Crippen LogP contribution is 2.25. The topological polar surface area (TPSA) is 69.8 Å². The molecule has 3 heterocycles. The Balaban J connectivity index is 1.82. The number of benzene rings is 1. The summed E-state index contributed by atoms with van der Waals surface area (Å²) < 4.78 is 41.4. The standard InChI is InChI=1S/C17H13FN4O2S/c1-21-11-14(10-20-21)13-8-12-6-7-22(17(12)19-9-13)25(23,24)16-4-2-15(18)3-5-16/h2-11H,1H3. The maximum Gasteiger partial charge on any atom is 0.269 e. The van der Waals surface area contributed by atoms with Crippen molar-refractivity contribution in [2.24, 2.45) is 7.05 Å². The minimum Gasteiger partial charge on any atom is -0.275 e. The molecule has 0 N–H and O–H groups in total. The molecule has 0 amide bonds. The van der Waals surface area contributed by atoms with Crippen LogP contribution in [0.3, 0.4) is 0 Å². The zero-order valence-electron chi connectivity index (χ0n) is 13.2. The van der Waals surface area contributed by atoms with Gasteiger partial charge in [0.2, 0.25) is 0 Å². The fourth-order valence-corrected chi connectivity index (χ4v) is 3.95. The highest BCUT2D eigenvalue weighted by Gasteiger charge is 2.20. The molecule has 4 aromatic rings. The summed E-state index contributed by atoms with van der Waals surface area (Å²) in [6.07, 6.45) is 6.63. The van der Waals surface area contributed by atoms with Gasteiger partial charge in [0.1, 0.15) is 5.82 Å². The molecule has 0 aliphatic carbocycles. The van der Waals surface area contributed by atoms with Crippen molar-refractivity contribution in [3.05, 3.63) is 67.0 Å². The number of hydrogen-bond acceptors (Lipinski definition) is 4. The number of rotatable bonds is 3. The molecule has 3 aromatic heterocycles. The summed E-state index contributed by atoms with van der Waals surface area (Å²) in [6.45, 7) is 0. The Labute approximate surface area is 143 Å². The average molecular weight is 356 g/mol. The normalized spacial score (nSPS) is 11.9. The summed E-state index contributed by atoms with van der Waals surface area (Å²) >= 11 is 0. The van der Waals surface area contributed by atoms with Crippen LogP contribution in [0.5, 0.6) is 0 Å². The Morgan fingerprint density at radius 1 is 1.04 bits per heavy atom. The van der Waals surface area contributed by atoms with E-state index in [2.05, 4.69) is 10.1 Å².